The van der Waals surface area contributed by atoms with Gasteiger partial charge in [0.2, 0.25) is 11.8 Å². The van der Waals surface area contributed by atoms with Gasteiger partial charge in [-0.25, -0.2) is 13.9 Å². The lowest BCUT2D eigenvalue weighted by atomic mass is 10.0. The number of amides is 4. The summed E-state index contributed by atoms with van der Waals surface area (Å²) in [5.74, 6) is 1.06. The number of urea groups is 1. The number of phosphoric ester groups is 2. The summed E-state index contributed by atoms with van der Waals surface area (Å²) in [6.45, 7) is 16.5. The van der Waals surface area contributed by atoms with Crippen LogP contribution < -0.4 is 21.3 Å². The molecule has 0 bridgehead atoms. The molecule has 0 rings (SSSR count). The molecule has 0 aliphatic carbocycles. The zero-order chi connectivity index (χ0) is 80.2. The number of carbonyl (C=O) groups is 3. The van der Waals surface area contributed by atoms with Crippen LogP contribution >= 0.6 is 15.6 Å². The normalized spacial score (nSPS) is 14.7. The Hall–Kier alpha value is -1.81. The molecule has 8 N–H and O–H groups in total. The summed E-state index contributed by atoms with van der Waals surface area (Å²) in [4.78, 5) is 60.9. The number of aliphatic hydroxyl groups is 2. The molecule has 0 saturated carbocycles. The van der Waals surface area contributed by atoms with Crippen LogP contribution in [0.4, 0.5) is 4.79 Å². The second-order valence-corrected chi connectivity index (χ2v) is 35.2. The fourth-order valence-electron chi connectivity index (χ4n) is 13.6. The summed E-state index contributed by atoms with van der Waals surface area (Å²) in [6.07, 6.45) is 58.8. The molecule has 0 fully saturated rings. The quantitative estimate of drug-likeness (QED) is 0.0160. The van der Waals surface area contributed by atoms with E-state index in [1.54, 1.807) is 0 Å². The molecular formula is C86H174N4O17P2. The van der Waals surface area contributed by atoms with Gasteiger partial charge in [-0.1, -0.05) is 344 Å². The number of nitrogens with one attached hydrogen (secondary N) is 4. The van der Waals surface area contributed by atoms with Gasteiger partial charge in [0, 0.05) is 39.1 Å². The Morgan fingerprint density at radius 2 is 0.569 bits per heavy atom. The predicted octanol–water partition coefficient (Wildman–Crippen LogP) is 22.6. The van der Waals surface area contributed by atoms with Gasteiger partial charge < -0.3 is 60.2 Å². The van der Waals surface area contributed by atoms with E-state index in [0.717, 1.165) is 153 Å². The van der Waals surface area contributed by atoms with Crippen LogP contribution in [-0.2, 0) is 55.8 Å². The van der Waals surface area contributed by atoms with Crippen molar-refractivity contribution in [3.8, 4) is 0 Å². The standard InChI is InChI=1S/C86H174N4O17P2/c1-9-13-17-21-23-25-33-39-47-55-63-85(94)107-81(59-51-41-20-16-12-4)65-69-101-73-79(90-83(92)61-53-45-37-32-27-30-35-43-49-57-77(7)8)75-105-109(98,99)103-71-67-88-86(95)87-66-70-102-108(96,97)104-74-78(89-82(91)60-52-44-36-31-26-29-34-42-48-56-76(5)6)72-100-68-64-80(58-50-40-19-15-11-3)106-84(93)62-54-46-38-28-24-22-18-14-10-2/h76-81,84-85,93-94H,9-75H2,1-8H3,(H,89,91)(H,90,92)(H,96,97)(H,98,99)(H2,87,88,95). The van der Waals surface area contributed by atoms with Crippen molar-refractivity contribution in [3.63, 3.8) is 0 Å². The summed E-state index contributed by atoms with van der Waals surface area (Å²) in [5, 5.41) is 32.8. The molecule has 0 aromatic rings. The molecule has 4 amide bonds. The average molecular weight is 1600 g/mol. The number of phosphoric acid groups is 2. The summed E-state index contributed by atoms with van der Waals surface area (Å²) < 4.78 is 72.3. The largest absolute Gasteiger partial charge is 0.472 e. The Labute approximate surface area is 668 Å². The van der Waals surface area contributed by atoms with Gasteiger partial charge in [-0.2, -0.15) is 0 Å². The number of carbonyl (C=O) groups excluding carboxylic acids is 3. The number of aliphatic hydroxyl groups excluding tert-OH is 2. The number of ether oxygens (including phenoxy) is 4. The first-order valence-corrected chi connectivity index (χ1v) is 48.4. The smallest absolute Gasteiger partial charge is 0.379 e. The van der Waals surface area contributed by atoms with Crippen molar-refractivity contribution in [2.75, 3.05) is 65.9 Å². The molecule has 8 atom stereocenters. The monoisotopic (exact) mass is 1600 g/mol. The minimum absolute atomic E-state index is 0.00700. The first-order valence-electron chi connectivity index (χ1n) is 45.4. The van der Waals surface area contributed by atoms with Gasteiger partial charge in [0.15, 0.2) is 12.6 Å². The minimum Gasteiger partial charge on any atom is -0.379 e. The Balaban J connectivity index is 5.59. The highest BCUT2D eigenvalue weighted by molar-refractivity contribution is 7.47. The van der Waals surface area contributed by atoms with Gasteiger partial charge >= 0.3 is 21.7 Å². The van der Waals surface area contributed by atoms with Crippen molar-refractivity contribution in [2.45, 2.75) is 458 Å². The molecule has 23 heteroatoms. The first-order chi connectivity index (χ1) is 52.7. The average Bonchev–Trinajstić information content (AvgIpc) is 0.920. The van der Waals surface area contributed by atoms with E-state index in [4.69, 9.17) is 37.0 Å². The number of rotatable bonds is 87. The molecule has 0 aliphatic rings. The van der Waals surface area contributed by atoms with Gasteiger partial charge in [-0.05, 0) is 76.0 Å². The Morgan fingerprint density at radius 3 is 0.853 bits per heavy atom. The van der Waals surface area contributed by atoms with Gasteiger partial charge in [-0.15, -0.1) is 0 Å². The molecule has 21 nitrogen and oxygen atoms in total. The van der Waals surface area contributed by atoms with E-state index in [0.29, 0.717) is 38.5 Å². The Kier molecular flexibility index (Phi) is 77.4. The third-order valence-electron chi connectivity index (χ3n) is 20.4. The highest BCUT2D eigenvalue weighted by atomic mass is 31.2. The molecule has 0 spiro atoms. The topological polar surface area (TPSA) is 288 Å². The van der Waals surface area contributed by atoms with Crippen LogP contribution in [0.15, 0.2) is 0 Å². The molecule has 650 valence electrons. The third-order valence-corrected chi connectivity index (χ3v) is 22.4. The number of hydrogen-bond donors (Lipinski definition) is 8. The predicted molar refractivity (Wildman–Crippen MR) is 448 cm³/mol. The highest BCUT2D eigenvalue weighted by Crippen LogP contribution is 2.44. The number of hydrogen-bond acceptors (Lipinski definition) is 15. The fourth-order valence-corrected chi connectivity index (χ4v) is 15.1. The lowest BCUT2D eigenvalue weighted by molar-refractivity contribution is -0.148. The van der Waals surface area contributed by atoms with Crippen molar-refractivity contribution in [3.05, 3.63) is 0 Å². The molecule has 0 radical (unpaired) electrons. The van der Waals surface area contributed by atoms with E-state index in [1.807, 2.05) is 0 Å². The maximum atomic E-state index is 13.3. The fraction of sp³-hybridized carbons (Fsp3) is 0.965. The number of unbranched alkanes of at least 4 members (excludes halogenated alkanes) is 41. The lowest BCUT2D eigenvalue weighted by Gasteiger charge is -2.23. The van der Waals surface area contributed by atoms with Crippen molar-refractivity contribution >= 4 is 33.5 Å². The van der Waals surface area contributed by atoms with Crippen molar-refractivity contribution in [1.82, 2.24) is 21.3 Å². The summed E-state index contributed by atoms with van der Waals surface area (Å²) in [6, 6.07) is -2.28. The third kappa shape index (κ3) is 78.5. The van der Waals surface area contributed by atoms with Crippen molar-refractivity contribution in [1.29, 1.82) is 0 Å². The second kappa shape index (κ2) is 78.7. The SMILES string of the molecule is CCCCCCCCCCCCC(O)OC(CCCCCCC)CCOCC(COP(=O)(O)OCCNC(=O)NCCOP(=O)(O)OCC(COCCC(CCCCCCC)OC(O)CCCCCCCCCCC)NC(=O)CCCCCCCCCCCC(C)C)NC(=O)CCCCCCCCCCCC(C)C. The highest BCUT2D eigenvalue weighted by Gasteiger charge is 2.27. The van der Waals surface area contributed by atoms with Crippen LogP contribution in [0.2, 0.25) is 0 Å². The van der Waals surface area contributed by atoms with Gasteiger partial charge in [0.25, 0.3) is 0 Å². The Bertz CT molecular complexity index is 2080. The summed E-state index contributed by atoms with van der Waals surface area (Å²) in [7, 11) is -9.39. The van der Waals surface area contributed by atoms with Crippen LogP contribution in [0.1, 0.15) is 421 Å². The zero-order valence-electron chi connectivity index (χ0n) is 71.5. The van der Waals surface area contributed by atoms with Crippen LogP contribution in [0.25, 0.3) is 0 Å². The molecular weight excluding hydrogens is 1420 g/mol. The molecule has 0 aromatic heterocycles. The van der Waals surface area contributed by atoms with E-state index >= 15 is 0 Å². The molecule has 8 unspecified atom stereocenters. The lowest BCUT2D eigenvalue weighted by Crippen LogP contribution is -2.41. The maximum absolute atomic E-state index is 13.3. The van der Waals surface area contributed by atoms with Crippen LogP contribution in [-0.4, -0.2) is 141 Å². The van der Waals surface area contributed by atoms with Crippen LogP contribution in [0.5, 0.6) is 0 Å². The molecule has 109 heavy (non-hydrogen) atoms. The van der Waals surface area contributed by atoms with Crippen molar-refractivity contribution in [2.24, 2.45) is 11.8 Å². The van der Waals surface area contributed by atoms with Crippen molar-refractivity contribution < 1.29 is 80.6 Å². The Morgan fingerprint density at radius 1 is 0.312 bits per heavy atom. The van der Waals surface area contributed by atoms with Gasteiger partial charge in [0.1, 0.15) is 0 Å². The summed E-state index contributed by atoms with van der Waals surface area (Å²) >= 11 is 0. The van der Waals surface area contributed by atoms with Crippen LogP contribution in [0.3, 0.4) is 0 Å². The van der Waals surface area contributed by atoms with Gasteiger partial charge in [0.05, 0.1) is 63.9 Å². The summed E-state index contributed by atoms with van der Waals surface area (Å²) in [5.41, 5.74) is 0. The van der Waals surface area contributed by atoms with E-state index in [1.165, 1.54) is 173 Å². The minimum atomic E-state index is -4.70. The van der Waals surface area contributed by atoms with Crippen LogP contribution in [0, 0.1) is 11.8 Å². The zero-order valence-corrected chi connectivity index (χ0v) is 73.3. The van der Waals surface area contributed by atoms with E-state index in [2.05, 4.69) is 76.7 Å². The van der Waals surface area contributed by atoms with E-state index < -0.39 is 59.6 Å². The first kappa shape index (κ1) is 107. The van der Waals surface area contributed by atoms with Gasteiger partial charge in [-0.3, -0.25) is 27.7 Å². The molecule has 0 aromatic carbocycles. The molecule has 0 heterocycles. The second-order valence-electron chi connectivity index (χ2n) is 32.3. The molecule has 0 aliphatic heterocycles. The molecule has 0 saturated heterocycles. The maximum Gasteiger partial charge on any atom is 0.472 e. The van der Waals surface area contributed by atoms with E-state index in [-0.39, 0.29) is 89.6 Å². The van der Waals surface area contributed by atoms with E-state index in [9.17, 15) is 43.5 Å².